The first-order chi connectivity index (χ1) is 12.6. The number of hydrogen-bond acceptors (Lipinski definition) is 4. The maximum atomic E-state index is 13.5. The number of ether oxygens (including phenoxy) is 2. The van der Waals surface area contributed by atoms with Crippen LogP contribution in [0, 0.1) is 11.6 Å². The van der Waals surface area contributed by atoms with Crippen molar-refractivity contribution >= 4 is 5.96 Å². The van der Waals surface area contributed by atoms with Gasteiger partial charge in [0.1, 0.15) is 12.4 Å². The number of benzene rings is 1. The van der Waals surface area contributed by atoms with Gasteiger partial charge in [0.2, 0.25) is 0 Å². The highest BCUT2D eigenvalue weighted by atomic mass is 19.1. The molecule has 0 atom stereocenters. The van der Waals surface area contributed by atoms with Crippen molar-refractivity contribution in [3.8, 4) is 5.75 Å². The van der Waals surface area contributed by atoms with Crippen molar-refractivity contribution < 1.29 is 18.3 Å². The molecule has 0 heterocycles. The molecule has 0 aromatic heterocycles. The number of methoxy groups -OCH3 is 1. The number of rotatable bonds is 12. The van der Waals surface area contributed by atoms with Crippen LogP contribution in [0.1, 0.15) is 13.3 Å². The maximum absolute atomic E-state index is 13.5. The first kappa shape index (κ1) is 22.1. The molecule has 0 aliphatic heterocycles. The summed E-state index contributed by atoms with van der Waals surface area (Å²) >= 11 is 0. The Hall–Kier alpha value is -1.93. The van der Waals surface area contributed by atoms with Crippen molar-refractivity contribution in [1.29, 1.82) is 0 Å². The standard InChI is InChI=1S/C18H30F2N4O2/c1-4-21-18(22-8-11-24(2)10-5-12-25-3)23-9-13-26-17-7-6-15(19)14-16(17)20/h6-7,14H,4-5,8-13H2,1-3H3,(H2,21,22,23). The fraction of sp³-hybridized carbons (Fsp3) is 0.611. The fourth-order valence-corrected chi connectivity index (χ4v) is 2.19. The van der Waals surface area contributed by atoms with Gasteiger partial charge in [0.25, 0.3) is 0 Å². The van der Waals surface area contributed by atoms with E-state index in [2.05, 4.69) is 27.6 Å². The van der Waals surface area contributed by atoms with Crippen molar-refractivity contribution in [1.82, 2.24) is 15.5 Å². The summed E-state index contributed by atoms with van der Waals surface area (Å²) < 4.78 is 36.7. The zero-order chi connectivity index (χ0) is 19.2. The third-order valence-corrected chi connectivity index (χ3v) is 3.53. The number of likely N-dealkylation sites (N-methyl/N-ethyl adjacent to an activating group) is 1. The van der Waals surface area contributed by atoms with Gasteiger partial charge in [-0.05, 0) is 32.5 Å². The summed E-state index contributed by atoms with van der Waals surface area (Å²) in [5.74, 6) is -0.613. The van der Waals surface area contributed by atoms with Crippen LogP contribution in [0.25, 0.3) is 0 Å². The van der Waals surface area contributed by atoms with Crippen LogP contribution in [0.4, 0.5) is 8.78 Å². The monoisotopic (exact) mass is 372 g/mol. The van der Waals surface area contributed by atoms with Crippen LogP contribution in [0.5, 0.6) is 5.75 Å². The summed E-state index contributed by atoms with van der Waals surface area (Å²) in [6.45, 7) is 6.64. The van der Waals surface area contributed by atoms with Gasteiger partial charge in [0, 0.05) is 39.4 Å². The second-order valence-electron chi connectivity index (χ2n) is 5.76. The van der Waals surface area contributed by atoms with Crippen molar-refractivity contribution in [3.63, 3.8) is 0 Å². The molecule has 0 radical (unpaired) electrons. The zero-order valence-electron chi connectivity index (χ0n) is 15.9. The molecule has 0 aliphatic carbocycles. The fourth-order valence-electron chi connectivity index (χ4n) is 2.19. The summed E-state index contributed by atoms with van der Waals surface area (Å²) in [6, 6.07) is 3.25. The van der Waals surface area contributed by atoms with Crippen LogP contribution < -0.4 is 15.4 Å². The lowest BCUT2D eigenvalue weighted by atomic mass is 10.3. The van der Waals surface area contributed by atoms with Crippen molar-refractivity contribution in [3.05, 3.63) is 29.8 Å². The molecule has 0 spiro atoms. The summed E-state index contributed by atoms with van der Waals surface area (Å²) in [7, 11) is 3.75. The minimum atomic E-state index is -0.706. The second-order valence-corrected chi connectivity index (χ2v) is 5.76. The minimum Gasteiger partial charge on any atom is -0.489 e. The van der Waals surface area contributed by atoms with Gasteiger partial charge in [-0.2, -0.15) is 0 Å². The predicted octanol–water partition coefficient (Wildman–Crippen LogP) is 1.87. The van der Waals surface area contributed by atoms with Gasteiger partial charge in [-0.25, -0.2) is 8.78 Å². The van der Waals surface area contributed by atoms with Gasteiger partial charge < -0.3 is 25.0 Å². The molecule has 0 aliphatic rings. The highest BCUT2D eigenvalue weighted by Gasteiger charge is 2.05. The first-order valence-electron chi connectivity index (χ1n) is 8.84. The number of hydrogen-bond donors (Lipinski definition) is 2. The molecular formula is C18H30F2N4O2. The Bertz CT molecular complexity index is 544. The second kappa shape index (κ2) is 13.3. The van der Waals surface area contributed by atoms with Gasteiger partial charge in [-0.15, -0.1) is 0 Å². The molecule has 0 saturated carbocycles. The van der Waals surface area contributed by atoms with Gasteiger partial charge in [-0.3, -0.25) is 4.99 Å². The van der Waals surface area contributed by atoms with E-state index in [0.717, 1.165) is 38.7 Å². The van der Waals surface area contributed by atoms with E-state index >= 15 is 0 Å². The largest absolute Gasteiger partial charge is 0.489 e. The maximum Gasteiger partial charge on any atom is 0.191 e. The van der Waals surface area contributed by atoms with E-state index in [0.29, 0.717) is 19.0 Å². The Morgan fingerprint density at radius 3 is 2.69 bits per heavy atom. The third-order valence-electron chi connectivity index (χ3n) is 3.53. The zero-order valence-corrected chi connectivity index (χ0v) is 15.9. The molecule has 0 amide bonds. The van der Waals surface area contributed by atoms with Crippen molar-refractivity contribution in [2.45, 2.75) is 13.3 Å². The molecule has 1 rings (SSSR count). The molecule has 148 valence electrons. The van der Waals surface area contributed by atoms with Gasteiger partial charge in [0.15, 0.2) is 17.5 Å². The van der Waals surface area contributed by atoms with Gasteiger partial charge in [-0.1, -0.05) is 0 Å². The Labute approximate surface area is 154 Å². The average molecular weight is 372 g/mol. The Morgan fingerprint density at radius 2 is 2.00 bits per heavy atom. The van der Waals surface area contributed by atoms with Crippen LogP contribution in [-0.4, -0.2) is 71.0 Å². The van der Waals surface area contributed by atoms with Crippen LogP contribution in [0.3, 0.4) is 0 Å². The smallest absolute Gasteiger partial charge is 0.191 e. The minimum absolute atomic E-state index is 0.0350. The molecule has 6 nitrogen and oxygen atoms in total. The normalized spacial score (nSPS) is 11.7. The molecule has 26 heavy (non-hydrogen) atoms. The molecule has 0 fully saturated rings. The van der Waals surface area contributed by atoms with Gasteiger partial charge in [0.05, 0.1) is 13.1 Å². The Morgan fingerprint density at radius 1 is 1.19 bits per heavy atom. The van der Waals surface area contributed by atoms with Crippen molar-refractivity contribution in [2.24, 2.45) is 4.99 Å². The molecule has 0 saturated heterocycles. The Balaban J connectivity index is 2.30. The molecule has 0 bridgehead atoms. The molecule has 2 N–H and O–H groups in total. The van der Waals surface area contributed by atoms with Crippen LogP contribution in [-0.2, 0) is 4.74 Å². The van der Waals surface area contributed by atoms with Crippen molar-refractivity contribution in [2.75, 3.05) is 60.1 Å². The van der Waals surface area contributed by atoms with E-state index in [1.165, 1.54) is 12.1 Å². The number of aliphatic imine (C=N–C) groups is 1. The lowest BCUT2D eigenvalue weighted by Gasteiger charge is -2.16. The third kappa shape index (κ3) is 9.53. The number of halogens is 2. The lowest BCUT2D eigenvalue weighted by Crippen LogP contribution is -2.40. The number of nitrogens with one attached hydrogen (secondary N) is 2. The summed E-state index contributed by atoms with van der Waals surface area (Å²) in [6.07, 6.45) is 0.992. The molecule has 8 heteroatoms. The molecular weight excluding hydrogens is 342 g/mol. The predicted molar refractivity (Wildman–Crippen MR) is 99.8 cm³/mol. The summed E-state index contributed by atoms with van der Waals surface area (Å²) in [5, 5.41) is 6.27. The van der Waals surface area contributed by atoms with Gasteiger partial charge >= 0.3 is 0 Å². The van der Waals surface area contributed by atoms with E-state index in [4.69, 9.17) is 9.47 Å². The summed E-state index contributed by atoms with van der Waals surface area (Å²) in [5.41, 5.74) is 0. The highest BCUT2D eigenvalue weighted by molar-refractivity contribution is 5.79. The number of nitrogens with zero attached hydrogens (tertiary/aromatic N) is 2. The van der Waals surface area contributed by atoms with Crippen LogP contribution >= 0.6 is 0 Å². The summed E-state index contributed by atoms with van der Waals surface area (Å²) in [4.78, 5) is 6.70. The molecule has 1 aromatic carbocycles. The number of guanidine groups is 1. The molecule has 0 unspecified atom stereocenters. The van der Waals surface area contributed by atoms with E-state index < -0.39 is 11.6 Å². The average Bonchev–Trinajstić information content (AvgIpc) is 2.60. The van der Waals surface area contributed by atoms with E-state index in [-0.39, 0.29) is 12.4 Å². The first-order valence-corrected chi connectivity index (χ1v) is 8.84. The van der Waals surface area contributed by atoms with E-state index in [1.807, 2.05) is 6.92 Å². The highest BCUT2D eigenvalue weighted by Crippen LogP contribution is 2.17. The van der Waals surface area contributed by atoms with Crippen LogP contribution in [0.2, 0.25) is 0 Å². The topological polar surface area (TPSA) is 58.1 Å². The lowest BCUT2D eigenvalue weighted by molar-refractivity contribution is 0.180. The molecule has 1 aromatic rings. The van der Waals surface area contributed by atoms with E-state index in [9.17, 15) is 8.78 Å². The quantitative estimate of drug-likeness (QED) is 0.333. The SMILES string of the molecule is CCNC(=NCCN(C)CCCOC)NCCOc1ccc(F)cc1F. The van der Waals surface area contributed by atoms with E-state index in [1.54, 1.807) is 7.11 Å². The Kier molecular flexibility index (Phi) is 11.3. The van der Waals surface area contributed by atoms with Crippen LogP contribution in [0.15, 0.2) is 23.2 Å².